The average Bonchev–Trinajstić information content (AvgIpc) is 2.61. The van der Waals surface area contributed by atoms with Crippen LogP contribution in [0.15, 0.2) is 60.7 Å². The smallest absolute Gasteiger partial charge is 0.253 e. The van der Waals surface area contributed by atoms with Gasteiger partial charge in [-0.3, -0.25) is 4.79 Å². The summed E-state index contributed by atoms with van der Waals surface area (Å²) in [5.74, 6) is -0.0604. The Bertz CT molecular complexity index is 589. The third-order valence-corrected chi connectivity index (χ3v) is 3.82. The Labute approximate surface area is 150 Å². The van der Waals surface area contributed by atoms with Crippen LogP contribution in [0.1, 0.15) is 11.1 Å². The second-order valence-corrected chi connectivity index (χ2v) is 5.44. The molecule has 24 heavy (non-hydrogen) atoms. The molecule has 2 aromatic carbocycles. The lowest BCUT2D eigenvalue weighted by atomic mass is 10.1. The molecule has 0 aliphatic heterocycles. The predicted molar refractivity (Wildman–Crippen MR) is 99.1 cm³/mol. The lowest BCUT2D eigenvalue weighted by molar-refractivity contribution is -0.142. The number of methoxy groups -OCH3 is 1. The largest absolute Gasteiger partial charge is 0.370 e. The second kappa shape index (κ2) is 10.8. The Balaban J connectivity index is 0.00000288. The number of hydrogen-bond donors (Lipinski definition) is 1. The first-order valence-electron chi connectivity index (χ1n) is 7.84. The Kier molecular flexibility index (Phi) is 9.08. The second-order valence-electron chi connectivity index (χ2n) is 5.44. The molecule has 2 N–H and O–H groups in total. The highest BCUT2D eigenvalue weighted by Crippen LogP contribution is 2.10. The van der Waals surface area contributed by atoms with Gasteiger partial charge in [0.15, 0.2) is 0 Å². The zero-order valence-electron chi connectivity index (χ0n) is 13.9. The molecule has 1 unspecified atom stereocenters. The van der Waals surface area contributed by atoms with Gasteiger partial charge in [0.1, 0.15) is 6.10 Å². The summed E-state index contributed by atoms with van der Waals surface area (Å²) < 4.78 is 5.22. The molecular weight excluding hydrogens is 324 g/mol. The standard InChI is InChI=1S/C19H24N2O2.ClH/c1-23-18(14-20)19(22)21(15-17-10-6-3-7-11-17)13-12-16-8-4-2-5-9-16;/h2-11,18H,12-15,20H2,1H3;1H. The third kappa shape index (κ3) is 5.96. The molecule has 2 aromatic rings. The first-order chi connectivity index (χ1) is 11.2. The molecular formula is C19H25ClN2O2. The number of nitrogens with zero attached hydrogens (tertiary/aromatic N) is 1. The molecule has 0 saturated heterocycles. The highest BCUT2D eigenvalue weighted by atomic mass is 35.5. The van der Waals surface area contributed by atoms with Gasteiger partial charge in [0.05, 0.1) is 0 Å². The fourth-order valence-corrected chi connectivity index (χ4v) is 2.48. The van der Waals surface area contributed by atoms with E-state index in [9.17, 15) is 4.79 Å². The number of halogens is 1. The molecule has 0 aliphatic rings. The molecule has 5 heteroatoms. The van der Waals surface area contributed by atoms with E-state index >= 15 is 0 Å². The maximum absolute atomic E-state index is 12.7. The molecule has 0 bridgehead atoms. The van der Waals surface area contributed by atoms with Gasteiger partial charge in [-0.25, -0.2) is 0 Å². The Morgan fingerprint density at radius 3 is 2.08 bits per heavy atom. The SMILES string of the molecule is COC(CN)C(=O)N(CCc1ccccc1)Cc1ccccc1.Cl. The summed E-state index contributed by atoms with van der Waals surface area (Å²) in [5, 5.41) is 0. The van der Waals surface area contributed by atoms with Gasteiger partial charge in [0, 0.05) is 26.7 Å². The summed E-state index contributed by atoms with van der Waals surface area (Å²) in [6.45, 7) is 1.38. The van der Waals surface area contributed by atoms with Crippen molar-refractivity contribution >= 4 is 18.3 Å². The molecule has 0 fully saturated rings. The Morgan fingerprint density at radius 2 is 1.58 bits per heavy atom. The Hall–Kier alpha value is -1.88. The number of benzene rings is 2. The summed E-state index contributed by atoms with van der Waals surface area (Å²) in [5.41, 5.74) is 7.96. The minimum absolute atomic E-state index is 0. The van der Waals surface area contributed by atoms with Crippen molar-refractivity contribution in [2.45, 2.75) is 19.1 Å². The molecule has 0 aliphatic carbocycles. The van der Waals surface area contributed by atoms with Crippen LogP contribution in [-0.2, 0) is 22.5 Å². The van der Waals surface area contributed by atoms with Crippen molar-refractivity contribution in [3.05, 3.63) is 71.8 Å². The van der Waals surface area contributed by atoms with E-state index in [-0.39, 0.29) is 24.9 Å². The van der Waals surface area contributed by atoms with E-state index in [1.807, 2.05) is 53.4 Å². The summed E-state index contributed by atoms with van der Waals surface area (Å²) >= 11 is 0. The maximum Gasteiger partial charge on any atom is 0.253 e. The van der Waals surface area contributed by atoms with E-state index < -0.39 is 6.10 Å². The van der Waals surface area contributed by atoms with Crippen molar-refractivity contribution in [1.29, 1.82) is 0 Å². The first-order valence-corrected chi connectivity index (χ1v) is 7.84. The molecule has 0 heterocycles. The molecule has 4 nitrogen and oxygen atoms in total. The van der Waals surface area contributed by atoms with Gasteiger partial charge in [-0.1, -0.05) is 60.7 Å². The van der Waals surface area contributed by atoms with E-state index in [1.54, 1.807) is 0 Å². The van der Waals surface area contributed by atoms with Crippen LogP contribution in [0.4, 0.5) is 0 Å². The molecule has 2 rings (SSSR count). The van der Waals surface area contributed by atoms with Gasteiger partial charge in [-0.15, -0.1) is 12.4 Å². The highest BCUT2D eigenvalue weighted by molar-refractivity contribution is 5.85. The van der Waals surface area contributed by atoms with Crippen molar-refractivity contribution in [1.82, 2.24) is 4.90 Å². The molecule has 1 atom stereocenters. The third-order valence-electron chi connectivity index (χ3n) is 3.82. The van der Waals surface area contributed by atoms with Crippen molar-refractivity contribution in [2.75, 3.05) is 20.2 Å². The van der Waals surface area contributed by atoms with Crippen LogP contribution in [0.3, 0.4) is 0 Å². The topological polar surface area (TPSA) is 55.6 Å². The summed E-state index contributed by atoms with van der Waals surface area (Å²) in [4.78, 5) is 14.5. The van der Waals surface area contributed by atoms with Gasteiger partial charge >= 0.3 is 0 Å². The van der Waals surface area contributed by atoms with Crippen molar-refractivity contribution in [2.24, 2.45) is 5.73 Å². The van der Waals surface area contributed by atoms with Crippen molar-refractivity contribution < 1.29 is 9.53 Å². The number of hydrogen-bond acceptors (Lipinski definition) is 3. The zero-order valence-corrected chi connectivity index (χ0v) is 14.7. The molecule has 0 saturated carbocycles. The first kappa shape index (κ1) is 20.2. The monoisotopic (exact) mass is 348 g/mol. The van der Waals surface area contributed by atoms with Crippen molar-refractivity contribution in [3.63, 3.8) is 0 Å². The van der Waals surface area contributed by atoms with E-state index in [4.69, 9.17) is 10.5 Å². The summed E-state index contributed by atoms with van der Waals surface area (Å²) in [7, 11) is 1.52. The highest BCUT2D eigenvalue weighted by Gasteiger charge is 2.22. The number of rotatable bonds is 8. The molecule has 0 spiro atoms. The van der Waals surface area contributed by atoms with Crippen LogP contribution in [-0.4, -0.2) is 37.1 Å². The summed E-state index contributed by atoms with van der Waals surface area (Å²) in [6.07, 6.45) is 0.218. The quantitative estimate of drug-likeness (QED) is 0.798. The minimum atomic E-state index is -0.588. The fraction of sp³-hybridized carbons (Fsp3) is 0.316. The molecule has 130 valence electrons. The van der Waals surface area contributed by atoms with Crippen molar-refractivity contribution in [3.8, 4) is 0 Å². The van der Waals surface area contributed by atoms with E-state index in [0.29, 0.717) is 13.1 Å². The molecule has 0 radical (unpaired) electrons. The Morgan fingerprint density at radius 1 is 1.04 bits per heavy atom. The van der Waals surface area contributed by atoms with E-state index in [0.717, 1.165) is 12.0 Å². The van der Waals surface area contributed by atoms with Crippen LogP contribution < -0.4 is 5.73 Å². The normalized spacial score (nSPS) is 11.4. The zero-order chi connectivity index (χ0) is 16.5. The predicted octanol–water partition coefficient (Wildman–Crippen LogP) is 2.65. The number of amides is 1. The van der Waals surface area contributed by atoms with Gasteiger partial charge < -0.3 is 15.4 Å². The van der Waals surface area contributed by atoms with Crippen LogP contribution in [0.25, 0.3) is 0 Å². The van der Waals surface area contributed by atoms with Crippen LogP contribution in [0.5, 0.6) is 0 Å². The average molecular weight is 349 g/mol. The van der Waals surface area contributed by atoms with E-state index in [1.165, 1.54) is 12.7 Å². The van der Waals surface area contributed by atoms with Gasteiger partial charge in [-0.05, 0) is 17.5 Å². The van der Waals surface area contributed by atoms with Gasteiger partial charge in [0.25, 0.3) is 5.91 Å². The molecule has 0 aromatic heterocycles. The number of ether oxygens (including phenoxy) is 1. The van der Waals surface area contributed by atoms with Crippen LogP contribution in [0, 0.1) is 0 Å². The lowest BCUT2D eigenvalue weighted by Crippen LogP contribution is -2.44. The summed E-state index contributed by atoms with van der Waals surface area (Å²) in [6, 6.07) is 20.1. The number of nitrogens with two attached hydrogens (primary N) is 1. The fourth-order valence-electron chi connectivity index (χ4n) is 2.48. The van der Waals surface area contributed by atoms with Crippen LogP contribution >= 0.6 is 12.4 Å². The number of carbonyl (C=O) groups is 1. The van der Waals surface area contributed by atoms with Crippen LogP contribution in [0.2, 0.25) is 0 Å². The number of carbonyl (C=O) groups excluding carboxylic acids is 1. The van der Waals surface area contributed by atoms with E-state index in [2.05, 4.69) is 12.1 Å². The maximum atomic E-state index is 12.7. The van der Waals surface area contributed by atoms with Gasteiger partial charge in [-0.2, -0.15) is 0 Å². The van der Waals surface area contributed by atoms with Gasteiger partial charge in [0.2, 0.25) is 0 Å². The minimum Gasteiger partial charge on any atom is -0.370 e. The lowest BCUT2D eigenvalue weighted by Gasteiger charge is -2.26. The molecule has 1 amide bonds.